The molecule has 7 nitrogen and oxygen atoms in total. The number of nitrogens with zero attached hydrogens (tertiary/aromatic N) is 6. The average Bonchev–Trinajstić information content (AvgIpc) is 2.98. The minimum Gasteiger partial charge on any atom is -0.369 e. The first kappa shape index (κ1) is 11.6. The third-order valence-corrected chi connectivity index (χ3v) is 2.99. The maximum absolute atomic E-state index is 4.30. The van der Waals surface area contributed by atoms with Crippen LogP contribution in [0.25, 0.3) is 5.78 Å². The van der Waals surface area contributed by atoms with Crippen molar-refractivity contribution in [3.05, 3.63) is 36.0 Å². The van der Waals surface area contributed by atoms with Gasteiger partial charge in [0, 0.05) is 43.7 Å². The van der Waals surface area contributed by atoms with E-state index in [2.05, 4.69) is 25.5 Å². The van der Waals surface area contributed by atoms with Crippen molar-refractivity contribution >= 4 is 11.6 Å². The summed E-state index contributed by atoms with van der Waals surface area (Å²) in [7, 11) is 1.95. The molecule has 1 N–H and O–H groups in total. The van der Waals surface area contributed by atoms with Crippen LogP contribution < -0.4 is 5.32 Å². The van der Waals surface area contributed by atoms with Crippen LogP contribution in [0.4, 0.5) is 5.82 Å². The quantitative estimate of drug-likeness (QED) is 0.749. The van der Waals surface area contributed by atoms with E-state index in [1.54, 1.807) is 4.52 Å². The maximum Gasteiger partial charge on any atom is 0.254 e. The summed E-state index contributed by atoms with van der Waals surface area (Å²) in [6.07, 6.45) is 4.21. The Balaban J connectivity index is 1.75. The molecule has 98 valence electrons. The number of anilines is 1. The van der Waals surface area contributed by atoms with Crippen LogP contribution in [0.3, 0.4) is 0 Å². The van der Waals surface area contributed by atoms with Gasteiger partial charge in [-0.2, -0.15) is 19.7 Å². The minimum absolute atomic E-state index is 0.614. The first-order valence-electron chi connectivity index (χ1n) is 6.12. The number of fused-ring (bicyclic) bond motifs is 1. The number of hydrogen-bond donors (Lipinski definition) is 1. The molecule has 0 radical (unpaired) electrons. The van der Waals surface area contributed by atoms with Crippen LogP contribution >= 0.6 is 0 Å². The zero-order valence-electron chi connectivity index (χ0n) is 10.9. The number of rotatable bonds is 4. The highest BCUT2D eigenvalue weighted by Gasteiger charge is 2.05. The number of aryl methyl sites for hydroxylation is 2. The van der Waals surface area contributed by atoms with E-state index < -0.39 is 0 Å². The van der Waals surface area contributed by atoms with E-state index in [4.69, 9.17) is 0 Å². The lowest BCUT2D eigenvalue weighted by Gasteiger charge is -2.08. The summed E-state index contributed by atoms with van der Waals surface area (Å²) in [4.78, 5) is 8.40. The van der Waals surface area contributed by atoms with Crippen LogP contribution in [-0.4, -0.2) is 35.9 Å². The highest BCUT2D eigenvalue weighted by atomic mass is 15.3. The summed E-state index contributed by atoms with van der Waals surface area (Å²) in [5.41, 5.74) is 2.11. The van der Waals surface area contributed by atoms with Crippen molar-refractivity contribution in [3.63, 3.8) is 0 Å². The second kappa shape index (κ2) is 4.68. The Bertz CT molecular complexity index is 697. The molecule has 0 unspecified atom stereocenters. The lowest BCUT2D eigenvalue weighted by atomic mass is 10.3. The summed E-state index contributed by atoms with van der Waals surface area (Å²) >= 11 is 0. The van der Waals surface area contributed by atoms with Crippen LogP contribution in [-0.2, 0) is 13.5 Å². The van der Waals surface area contributed by atoms with Gasteiger partial charge in [0.25, 0.3) is 5.78 Å². The van der Waals surface area contributed by atoms with Crippen LogP contribution in [0, 0.1) is 6.92 Å². The van der Waals surface area contributed by atoms with Crippen molar-refractivity contribution in [2.45, 2.75) is 13.3 Å². The van der Waals surface area contributed by atoms with Gasteiger partial charge in [0.05, 0.1) is 0 Å². The molecule has 0 spiro atoms. The highest BCUT2D eigenvalue weighted by molar-refractivity contribution is 5.44. The second-order valence-electron chi connectivity index (χ2n) is 4.38. The molecule has 0 atom stereocenters. The molecular weight excluding hydrogens is 242 g/mol. The molecule has 3 rings (SSSR count). The fourth-order valence-corrected chi connectivity index (χ4v) is 2.02. The van der Waals surface area contributed by atoms with Crippen LogP contribution in [0.15, 0.2) is 24.7 Å². The molecular formula is C12H15N7. The normalized spacial score (nSPS) is 11.1. The van der Waals surface area contributed by atoms with E-state index in [0.717, 1.165) is 24.5 Å². The molecule has 0 saturated carbocycles. The lowest BCUT2D eigenvalue weighted by molar-refractivity contribution is 0.710. The predicted molar refractivity (Wildman–Crippen MR) is 70.9 cm³/mol. The molecule has 3 aromatic rings. The molecule has 0 bridgehead atoms. The monoisotopic (exact) mass is 257 g/mol. The Morgan fingerprint density at radius 1 is 1.32 bits per heavy atom. The van der Waals surface area contributed by atoms with Gasteiger partial charge in [0.1, 0.15) is 12.1 Å². The number of aromatic nitrogens is 6. The standard InChI is InChI=1S/C12H15N7/c1-9-7-11(19-12(17-9)14-8-16-19)13-5-3-10-4-6-15-18(10)2/h4,6-8,13H,3,5H2,1-2H3. The number of hydrogen-bond acceptors (Lipinski definition) is 5. The van der Waals surface area contributed by atoms with Gasteiger partial charge >= 0.3 is 0 Å². The van der Waals surface area contributed by atoms with E-state index in [1.165, 1.54) is 12.0 Å². The van der Waals surface area contributed by atoms with E-state index in [-0.39, 0.29) is 0 Å². The zero-order chi connectivity index (χ0) is 13.2. The Labute approximate surface area is 110 Å². The third-order valence-electron chi connectivity index (χ3n) is 2.99. The first-order valence-corrected chi connectivity index (χ1v) is 6.12. The van der Waals surface area contributed by atoms with Crippen LogP contribution in [0.2, 0.25) is 0 Å². The SMILES string of the molecule is Cc1cc(NCCc2ccnn2C)n2ncnc2n1. The maximum atomic E-state index is 4.30. The van der Waals surface area contributed by atoms with Gasteiger partial charge in [-0.15, -0.1) is 0 Å². The van der Waals surface area contributed by atoms with Gasteiger partial charge in [-0.25, -0.2) is 4.98 Å². The van der Waals surface area contributed by atoms with Gasteiger partial charge in [-0.1, -0.05) is 0 Å². The Hall–Kier alpha value is -2.44. The molecule has 0 aliphatic heterocycles. The second-order valence-corrected chi connectivity index (χ2v) is 4.38. The Morgan fingerprint density at radius 3 is 3.00 bits per heavy atom. The van der Waals surface area contributed by atoms with E-state index >= 15 is 0 Å². The Kier molecular flexibility index (Phi) is 2.86. The molecule has 0 aliphatic rings. The predicted octanol–water partition coefficient (Wildman–Crippen LogP) is 0.821. The summed E-state index contributed by atoms with van der Waals surface area (Å²) in [6, 6.07) is 3.98. The van der Waals surface area contributed by atoms with Gasteiger partial charge < -0.3 is 5.32 Å². The third kappa shape index (κ3) is 2.26. The summed E-state index contributed by atoms with van der Waals surface area (Å²) in [5, 5.41) is 11.7. The molecule has 19 heavy (non-hydrogen) atoms. The molecule has 0 aromatic carbocycles. The van der Waals surface area contributed by atoms with Crippen molar-refractivity contribution < 1.29 is 0 Å². The fraction of sp³-hybridized carbons (Fsp3) is 0.333. The molecule has 3 heterocycles. The van der Waals surface area contributed by atoms with E-state index in [1.807, 2.05) is 37.0 Å². The van der Waals surface area contributed by atoms with E-state index in [9.17, 15) is 0 Å². The molecule has 0 saturated heterocycles. The smallest absolute Gasteiger partial charge is 0.254 e. The van der Waals surface area contributed by atoms with Gasteiger partial charge in [0.2, 0.25) is 0 Å². The minimum atomic E-state index is 0.614. The Morgan fingerprint density at radius 2 is 2.21 bits per heavy atom. The molecule has 3 aromatic heterocycles. The average molecular weight is 257 g/mol. The first-order chi connectivity index (χ1) is 9.24. The van der Waals surface area contributed by atoms with Crippen molar-refractivity contribution in [1.82, 2.24) is 29.4 Å². The van der Waals surface area contributed by atoms with Gasteiger partial charge in [-0.3, -0.25) is 4.68 Å². The van der Waals surface area contributed by atoms with Crippen molar-refractivity contribution in [2.24, 2.45) is 7.05 Å². The molecule has 7 heteroatoms. The van der Waals surface area contributed by atoms with E-state index in [0.29, 0.717) is 5.78 Å². The van der Waals surface area contributed by atoms with Crippen LogP contribution in [0.5, 0.6) is 0 Å². The van der Waals surface area contributed by atoms with Crippen molar-refractivity contribution in [3.8, 4) is 0 Å². The number of nitrogens with one attached hydrogen (secondary N) is 1. The highest BCUT2D eigenvalue weighted by Crippen LogP contribution is 2.10. The van der Waals surface area contributed by atoms with Crippen molar-refractivity contribution in [1.29, 1.82) is 0 Å². The van der Waals surface area contributed by atoms with Crippen molar-refractivity contribution in [2.75, 3.05) is 11.9 Å². The molecule has 0 amide bonds. The summed E-state index contributed by atoms with van der Waals surface area (Å²) in [6.45, 7) is 2.75. The molecule has 0 fully saturated rings. The van der Waals surface area contributed by atoms with Gasteiger partial charge in [-0.05, 0) is 13.0 Å². The zero-order valence-corrected chi connectivity index (χ0v) is 10.9. The van der Waals surface area contributed by atoms with Gasteiger partial charge in [0.15, 0.2) is 0 Å². The van der Waals surface area contributed by atoms with Crippen LogP contribution in [0.1, 0.15) is 11.4 Å². The summed E-state index contributed by atoms with van der Waals surface area (Å²) < 4.78 is 3.58. The lowest BCUT2D eigenvalue weighted by Crippen LogP contribution is -2.12. The molecule has 0 aliphatic carbocycles. The topological polar surface area (TPSA) is 72.9 Å². The fourth-order valence-electron chi connectivity index (χ4n) is 2.02. The summed E-state index contributed by atoms with van der Waals surface area (Å²) in [5.74, 6) is 1.52. The largest absolute Gasteiger partial charge is 0.369 e.